The van der Waals surface area contributed by atoms with Crippen molar-refractivity contribution < 1.29 is 22.6 Å². The molecule has 0 unspecified atom stereocenters. The number of halogens is 3. The molecule has 4 rings (SSSR count). The molecule has 32 heavy (non-hydrogen) atoms. The Bertz CT molecular complexity index is 1160. The van der Waals surface area contributed by atoms with Gasteiger partial charge in [0.15, 0.2) is 22.1 Å². The maximum Gasteiger partial charge on any atom is 0.387 e. The molecule has 1 aromatic heterocycles. The molecule has 1 saturated carbocycles. The lowest BCUT2D eigenvalue weighted by Gasteiger charge is -2.18. The normalized spacial score (nSPS) is 13.7. The van der Waals surface area contributed by atoms with Crippen LogP contribution in [0.3, 0.4) is 0 Å². The first-order valence-corrected chi connectivity index (χ1v) is 10.5. The summed E-state index contributed by atoms with van der Waals surface area (Å²) in [5.41, 5.74) is 1.17. The van der Waals surface area contributed by atoms with Gasteiger partial charge in [0, 0.05) is 12.6 Å². The number of benzene rings is 2. The van der Waals surface area contributed by atoms with Crippen LogP contribution in [0.5, 0.6) is 11.5 Å². The summed E-state index contributed by atoms with van der Waals surface area (Å²) in [5.74, 6) is 0.377. The Kier molecular flexibility index (Phi) is 6.52. The van der Waals surface area contributed by atoms with Crippen molar-refractivity contribution >= 4 is 12.2 Å². The number of alkyl halides is 2. The molecular formula is C22H23F3N4O2S. The Morgan fingerprint density at radius 3 is 2.59 bits per heavy atom. The van der Waals surface area contributed by atoms with Gasteiger partial charge < -0.3 is 9.47 Å². The van der Waals surface area contributed by atoms with Gasteiger partial charge in [-0.15, -0.1) is 0 Å². The van der Waals surface area contributed by atoms with Gasteiger partial charge in [0.1, 0.15) is 5.82 Å². The fourth-order valence-corrected chi connectivity index (χ4v) is 3.93. The third-order valence-electron chi connectivity index (χ3n) is 5.17. The van der Waals surface area contributed by atoms with Crippen molar-refractivity contribution in [2.24, 2.45) is 0 Å². The van der Waals surface area contributed by atoms with Gasteiger partial charge in [-0.1, -0.05) is 18.2 Å². The van der Waals surface area contributed by atoms with Gasteiger partial charge in [-0.2, -0.15) is 13.9 Å². The van der Waals surface area contributed by atoms with E-state index in [1.54, 1.807) is 35.0 Å². The quantitative estimate of drug-likeness (QED) is 0.405. The Balaban J connectivity index is 1.57. The van der Waals surface area contributed by atoms with Gasteiger partial charge in [-0.3, -0.25) is 9.47 Å². The average molecular weight is 465 g/mol. The number of nitrogens with zero attached hydrogens (tertiary/aromatic N) is 4. The number of methoxy groups -OCH3 is 1. The number of ether oxygens (including phenoxy) is 2. The molecule has 0 saturated heterocycles. The fraction of sp³-hybridized carbons (Fsp3) is 0.364. The molecule has 10 heteroatoms. The Labute approximate surface area is 188 Å². The standard InChI is InChI=1S/C22H23F3N4O2S/c1-27(12-14-7-10-18(30-2)19(11-14)31-21(24)25)13-28-22(32)29(15-8-9-15)20(26-28)16-5-3-4-6-17(16)23/h3-7,10-11,15,21H,8-9,12-13H2,1-2H3. The zero-order chi connectivity index (χ0) is 22.8. The Hall–Kier alpha value is -2.85. The summed E-state index contributed by atoms with van der Waals surface area (Å²) in [6.07, 6.45) is 1.96. The predicted molar refractivity (Wildman–Crippen MR) is 116 cm³/mol. The monoisotopic (exact) mass is 464 g/mol. The third kappa shape index (κ3) is 4.81. The maximum atomic E-state index is 14.4. The van der Waals surface area contributed by atoms with Crippen LogP contribution >= 0.6 is 12.2 Å². The molecule has 1 heterocycles. The smallest absolute Gasteiger partial charge is 0.387 e. The third-order valence-corrected chi connectivity index (χ3v) is 5.58. The highest BCUT2D eigenvalue weighted by molar-refractivity contribution is 7.71. The molecule has 0 radical (unpaired) electrons. The van der Waals surface area contributed by atoms with E-state index in [2.05, 4.69) is 9.84 Å². The summed E-state index contributed by atoms with van der Waals surface area (Å²) in [6.45, 7) is -2.17. The van der Waals surface area contributed by atoms with E-state index in [4.69, 9.17) is 17.0 Å². The summed E-state index contributed by atoms with van der Waals surface area (Å²) >= 11 is 5.65. The van der Waals surface area contributed by atoms with Gasteiger partial charge in [0.2, 0.25) is 0 Å². The van der Waals surface area contributed by atoms with Crippen LogP contribution in [0.2, 0.25) is 0 Å². The summed E-state index contributed by atoms with van der Waals surface area (Å²) in [5, 5.41) is 4.62. The molecular weight excluding hydrogens is 441 g/mol. The van der Waals surface area contributed by atoms with Crippen molar-refractivity contribution in [3.8, 4) is 22.9 Å². The molecule has 0 aliphatic heterocycles. The summed E-state index contributed by atoms with van der Waals surface area (Å²) in [4.78, 5) is 1.93. The zero-order valence-corrected chi connectivity index (χ0v) is 18.5. The summed E-state index contributed by atoms with van der Waals surface area (Å²) in [6, 6.07) is 11.6. The van der Waals surface area contributed by atoms with Crippen molar-refractivity contribution in [3.05, 3.63) is 58.6 Å². The minimum Gasteiger partial charge on any atom is -0.493 e. The number of hydrogen-bond donors (Lipinski definition) is 0. The molecule has 0 atom stereocenters. The van der Waals surface area contributed by atoms with Gasteiger partial charge >= 0.3 is 6.61 Å². The van der Waals surface area contributed by atoms with Gasteiger partial charge in [0.05, 0.1) is 19.3 Å². The summed E-state index contributed by atoms with van der Waals surface area (Å²) in [7, 11) is 3.25. The maximum absolute atomic E-state index is 14.4. The summed E-state index contributed by atoms with van der Waals surface area (Å²) < 4.78 is 53.6. The first-order chi connectivity index (χ1) is 15.4. The van der Waals surface area contributed by atoms with Crippen LogP contribution in [0.25, 0.3) is 11.4 Å². The van der Waals surface area contributed by atoms with Crippen molar-refractivity contribution in [2.45, 2.75) is 38.7 Å². The lowest BCUT2D eigenvalue weighted by atomic mass is 10.2. The van der Waals surface area contributed by atoms with Crippen molar-refractivity contribution in [3.63, 3.8) is 0 Å². The SMILES string of the molecule is COc1ccc(CN(C)Cn2nc(-c3ccccc3F)n(C3CC3)c2=S)cc1OC(F)F. The zero-order valence-electron chi connectivity index (χ0n) is 17.7. The second kappa shape index (κ2) is 9.33. The largest absolute Gasteiger partial charge is 0.493 e. The molecule has 170 valence electrons. The van der Waals surface area contributed by atoms with Crippen molar-refractivity contribution in [1.29, 1.82) is 0 Å². The minimum atomic E-state index is -2.95. The van der Waals surface area contributed by atoms with E-state index < -0.39 is 6.61 Å². The van der Waals surface area contributed by atoms with E-state index >= 15 is 0 Å². The molecule has 0 spiro atoms. The molecule has 6 nitrogen and oxygen atoms in total. The fourth-order valence-electron chi connectivity index (χ4n) is 3.60. The number of hydrogen-bond acceptors (Lipinski definition) is 5. The predicted octanol–water partition coefficient (Wildman–Crippen LogP) is 5.25. The number of rotatable bonds is 9. The molecule has 2 aromatic carbocycles. The molecule has 3 aromatic rings. The highest BCUT2D eigenvalue weighted by Crippen LogP contribution is 2.39. The lowest BCUT2D eigenvalue weighted by molar-refractivity contribution is -0.0512. The molecule has 1 fully saturated rings. The van der Waals surface area contributed by atoms with E-state index in [0.29, 0.717) is 29.4 Å². The van der Waals surface area contributed by atoms with Crippen molar-refractivity contribution in [1.82, 2.24) is 19.2 Å². The van der Waals surface area contributed by atoms with Crippen LogP contribution in [-0.4, -0.2) is 40.0 Å². The van der Waals surface area contributed by atoms with E-state index in [9.17, 15) is 13.2 Å². The average Bonchev–Trinajstić information content (AvgIpc) is 3.53. The van der Waals surface area contributed by atoms with Crippen LogP contribution in [0.15, 0.2) is 42.5 Å². The first-order valence-electron chi connectivity index (χ1n) is 10.1. The highest BCUT2D eigenvalue weighted by atomic mass is 32.1. The van der Waals surface area contributed by atoms with Gasteiger partial charge in [-0.05, 0) is 61.9 Å². The molecule has 0 bridgehead atoms. The van der Waals surface area contributed by atoms with E-state index in [1.165, 1.54) is 19.2 Å². The topological polar surface area (TPSA) is 44.5 Å². The molecule has 0 amide bonds. The van der Waals surface area contributed by atoms with Crippen LogP contribution in [0, 0.1) is 10.6 Å². The molecule has 0 N–H and O–H groups in total. The van der Waals surface area contributed by atoms with E-state index in [-0.39, 0.29) is 23.4 Å². The Morgan fingerprint density at radius 1 is 1.19 bits per heavy atom. The first kappa shape index (κ1) is 22.3. The second-order valence-corrected chi connectivity index (χ2v) is 8.07. The highest BCUT2D eigenvalue weighted by Gasteiger charge is 2.30. The van der Waals surface area contributed by atoms with Crippen LogP contribution in [-0.2, 0) is 13.2 Å². The molecule has 1 aliphatic carbocycles. The van der Waals surface area contributed by atoms with E-state index in [1.807, 2.05) is 16.5 Å². The molecule has 1 aliphatic rings. The number of aromatic nitrogens is 3. The second-order valence-electron chi connectivity index (χ2n) is 7.71. The lowest BCUT2D eigenvalue weighted by Crippen LogP contribution is -2.22. The van der Waals surface area contributed by atoms with Gasteiger partial charge in [0.25, 0.3) is 0 Å². The van der Waals surface area contributed by atoms with Gasteiger partial charge in [-0.25, -0.2) is 9.07 Å². The van der Waals surface area contributed by atoms with Crippen LogP contribution in [0.4, 0.5) is 13.2 Å². The van der Waals surface area contributed by atoms with Crippen molar-refractivity contribution in [2.75, 3.05) is 14.2 Å². The van der Waals surface area contributed by atoms with Crippen LogP contribution < -0.4 is 9.47 Å². The Morgan fingerprint density at radius 2 is 1.94 bits per heavy atom. The minimum absolute atomic E-state index is 0.0233. The van der Waals surface area contributed by atoms with E-state index in [0.717, 1.165) is 18.4 Å². The van der Waals surface area contributed by atoms with Crippen LogP contribution in [0.1, 0.15) is 24.4 Å².